The Kier molecular flexibility index (Phi) is 41.6. The molecule has 368 valence electrons. The van der Waals surface area contributed by atoms with E-state index in [1.807, 2.05) is 49.5 Å². The van der Waals surface area contributed by atoms with Crippen LogP contribution in [0.4, 0.5) is 0 Å². The topological polar surface area (TPSA) is 212 Å². The van der Waals surface area contributed by atoms with Crippen LogP contribution in [0.3, 0.4) is 0 Å². The minimum atomic E-state index is -4.77. The second-order valence-corrected chi connectivity index (χ2v) is 17.7. The number of esters is 2. The maximum absolute atomic E-state index is 12.7. The van der Waals surface area contributed by atoms with Crippen LogP contribution < -0.4 is 5.73 Å². The smallest absolute Gasteiger partial charge is 0.472 e. The first-order valence-electron chi connectivity index (χ1n) is 24.2. The molecule has 0 aromatic heterocycles. The quantitative estimate of drug-likeness (QED) is 0.0127. The molecule has 0 aliphatic carbocycles. The van der Waals surface area contributed by atoms with Gasteiger partial charge in [-0.3, -0.25) is 23.4 Å². The number of rotatable bonds is 44. The fraction of sp³-hybridized carbons (Fsp3) is 0.700. The van der Waals surface area contributed by atoms with Crippen molar-refractivity contribution in [1.82, 2.24) is 0 Å². The van der Waals surface area contributed by atoms with Crippen LogP contribution in [0, 0.1) is 0 Å². The third kappa shape index (κ3) is 42.8. The Morgan fingerprint density at radius 1 is 0.594 bits per heavy atom. The zero-order valence-electron chi connectivity index (χ0n) is 39.3. The van der Waals surface area contributed by atoms with Crippen LogP contribution in [-0.4, -0.2) is 82.3 Å². The summed E-state index contributed by atoms with van der Waals surface area (Å²) in [4.78, 5) is 46.1. The Balaban J connectivity index is 4.51. The second-order valence-electron chi connectivity index (χ2n) is 16.3. The van der Waals surface area contributed by atoms with Gasteiger partial charge in [0.2, 0.25) is 0 Å². The number of hydrogen-bond acceptors (Lipinski definition) is 11. The lowest BCUT2D eigenvalue weighted by Crippen LogP contribution is -2.34. The molecule has 0 spiro atoms. The molecule has 0 aromatic carbocycles. The first-order valence-corrected chi connectivity index (χ1v) is 25.7. The van der Waals surface area contributed by atoms with Crippen molar-refractivity contribution in [2.45, 2.75) is 205 Å². The summed E-state index contributed by atoms with van der Waals surface area (Å²) in [6.45, 7) is 2.44. The van der Waals surface area contributed by atoms with Crippen molar-refractivity contribution < 1.29 is 57.7 Å². The van der Waals surface area contributed by atoms with Crippen molar-refractivity contribution in [3.8, 4) is 0 Å². The van der Waals surface area contributed by atoms with Crippen molar-refractivity contribution in [2.24, 2.45) is 5.73 Å². The molecule has 0 bridgehead atoms. The number of phosphoric acid groups is 1. The van der Waals surface area contributed by atoms with E-state index in [2.05, 4.69) is 11.4 Å². The summed E-state index contributed by atoms with van der Waals surface area (Å²) in [5.74, 6) is -2.59. The van der Waals surface area contributed by atoms with Crippen molar-refractivity contribution in [3.05, 3.63) is 72.9 Å². The number of carboxylic acid groups (broad SMARTS) is 1. The summed E-state index contributed by atoms with van der Waals surface area (Å²) < 4.78 is 32.6. The summed E-state index contributed by atoms with van der Waals surface area (Å²) in [5, 5.41) is 28.9. The summed E-state index contributed by atoms with van der Waals surface area (Å²) in [7, 11) is -4.77. The number of aliphatic carboxylic acids is 1. The van der Waals surface area contributed by atoms with Gasteiger partial charge in [0.05, 0.1) is 25.4 Å². The number of ether oxygens (including phenoxy) is 2. The molecule has 0 saturated carbocycles. The first-order chi connectivity index (χ1) is 30.9. The maximum atomic E-state index is 12.7. The molecule has 0 radical (unpaired) electrons. The molecule has 0 aliphatic heterocycles. The Labute approximate surface area is 385 Å². The Morgan fingerprint density at radius 2 is 1.11 bits per heavy atom. The van der Waals surface area contributed by atoms with E-state index >= 15 is 0 Å². The number of phosphoric ester groups is 1. The lowest BCUT2D eigenvalue weighted by atomic mass is 10.0. The normalized spacial score (nSPS) is 15.2. The molecule has 0 saturated heterocycles. The largest absolute Gasteiger partial charge is 0.480 e. The summed E-state index contributed by atoms with van der Waals surface area (Å²) in [5.41, 5.74) is 5.33. The van der Waals surface area contributed by atoms with Crippen LogP contribution in [-0.2, 0) is 37.5 Å². The van der Waals surface area contributed by atoms with E-state index in [4.69, 9.17) is 24.8 Å². The fourth-order valence-corrected chi connectivity index (χ4v) is 7.11. The molecule has 5 atom stereocenters. The van der Waals surface area contributed by atoms with Crippen molar-refractivity contribution in [1.29, 1.82) is 0 Å². The van der Waals surface area contributed by atoms with E-state index in [0.717, 1.165) is 25.7 Å². The molecule has 1 unspecified atom stereocenters. The number of aliphatic hydroxyl groups is 2. The van der Waals surface area contributed by atoms with E-state index in [1.165, 1.54) is 96.3 Å². The van der Waals surface area contributed by atoms with Gasteiger partial charge in [-0.25, -0.2) is 4.57 Å². The molecular weight excluding hydrogens is 838 g/mol. The fourth-order valence-electron chi connectivity index (χ4n) is 6.34. The average Bonchev–Trinajstić information content (AvgIpc) is 3.26. The monoisotopic (exact) mass is 924 g/mol. The van der Waals surface area contributed by atoms with Crippen LogP contribution in [0.1, 0.15) is 181 Å². The van der Waals surface area contributed by atoms with Crippen LogP contribution in [0.5, 0.6) is 0 Å². The zero-order chi connectivity index (χ0) is 47.4. The van der Waals surface area contributed by atoms with Gasteiger partial charge in [-0.15, -0.1) is 0 Å². The number of carbonyl (C=O) groups is 3. The molecule has 0 aliphatic rings. The number of aliphatic hydroxyl groups excluding tert-OH is 2. The number of nitrogens with two attached hydrogens (primary N) is 1. The van der Waals surface area contributed by atoms with Crippen molar-refractivity contribution in [3.63, 3.8) is 0 Å². The molecule has 0 rings (SSSR count). The highest BCUT2D eigenvalue weighted by Crippen LogP contribution is 2.43. The van der Waals surface area contributed by atoms with Gasteiger partial charge in [0.25, 0.3) is 0 Å². The van der Waals surface area contributed by atoms with Gasteiger partial charge in [0.1, 0.15) is 12.6 Å². The van der Waals surface area contributed by atoms with Gasteiger partial charge in [-0.05, 0) is 38.5 Å². The minimum absolute atomic E-state index is 0.0339. The predicted molar refractivity (Wildman–Crippen MR) is 256 cm³/mol. The highest BCUT2D eigenvalue weighted by molar-refractivity contribution is 7.47. The van der Waals surface area contributed by atoms with Crippen LogP contribution in [0.25, 0.3) is 0 Å². The highest BCUT2D eigenvalue weighted by Gasteiger charge is 2.28. The first kappa shape index (κ1) is 60.8. The predicted octanol–water partition coefficient (Wildman–Crippen LogP) is 11.2. The maximum Gasteiger partial charge on any atom is 0.472 e. The lowest BCUT2D eigenvalue weighted by Gasteiger charge is -2.20. The third-order valence-electron chi connectivity index (χ3n) is 10.1. The molecule has 14 heteroatoms. The summed E-state index contributed by atoms with van der Waals surface area (Å²) in [6, 6.07) is -1.55. The number of carbonyl (C=O) groups excluding carboxylic acids is 2. The zero-order valence-corrected chi connectivity index (χ0v) is 40.2. The molecule has 6 N–H and O–H groups in total. The minimum Gasteiger partial charge on any atom is -0.480 e. The third-order valence-corrected chi connectivity index (χ3v) is 11.1. The molecule has 0 amide bonds. The van der Waals surface area contributed by atoms with Gasteiger partial charge in [0, 0.05) is 12.8 Å². The van der Waals surface area contributed by atoms with Crippen LogP contribution in [0.2, 0.25) is 0 Å². The number of hydrogen-bond donors (Lipinski definition) is 5. The lowest BCUT2D eigenvalue weighted by molar-refractivity contribution is -0.161. The standard InChI is InChI=1S/C50H86NO12P/c1-3-5-7-8-9-10-11-12-13-14-15-16-17-18-19-20-24-27-33-40-49(55)63-46(42-61-64(58,59)62-43-47(51)50(56)57)41-60-48(54)39-34-28-32-38-45(53)37-31-26-23-21-22-25-30-36-44(52)35-29-6-4-2/h6,22-23,25-26,29-32,36-38,44-47,52-53H,3-5,7-21,24,27-28,33-35,39-43,51H2,1-2H3,(H,56,57)(H,58,59)/b25-22-,26-23-,29-6-,36-30+,37-31+,38-32-/t44-,45-,46-,47+/m1/s1. The number of unbranched alkanes of at least 4 members (excludes halogenated alkanes) is 19. The van der Waals surface area contributed by atoms with E-state index in [9.17, 15) is 34.1 Å². The van der Waals surface area contributed by atoms with Crippen molar-refractivity contribution >= 4 is 25.7 Å². The molecule has 0 heterocycles. The van der Waals surface area contributed by atoms with Crippen molar-refractivity contribution in [2.75, 3.05) is 19.8 Å². The summed E-state index contributed by atoms with van der Waals surface area (Å²) in [6.07, 6.45) is 46.1. The van der Waals surface area contributed by atoms with Gasteiger partial charge >= 0.3 is 25.7 Å². The molecule has 0 fully saturated rings. The van der Waals surface area contributed by atoms with Gasteiger partial charge < -0.3 is 35.4 Å². The molecule has 13 nitrogen and oxygen atoms in total. The Hall–Kier alpha value is -3.16. The van der Waals surface area contributed by atoms with E-state index in [0.29, 0.717) is 32.1 Å². The average molecular weight is 924 g/mol. The Bertz CT molecular complexity index is 1390. The second kappa shape index (κ2) is 43.7. The molecule has 64 heavy (non-hydrogen) atoms. The van der Waals surface area contributed by atoms with Crippen LogP contribution >= 0.6 is 7.82 Å². The number of allylic oxidation sites excluding steroid dienone is 8. The van der Waals surface area contributed by atoms with Gasteiger partial charge in [0.15, 0.2) is 6.10 Å². The van der Waals surface area contributed by atoms with E-state index < -0.39 is 69.9 Å². The molecule has 0 aromatic rings. The highest BCUT2D eigenvalue weighted by atomic mass is 31.2. The summed E-state index contributed by atoms with van der Waals surface area (Å²) >= 11 is 0. The number of carboxylic acids is 1. The van der Waals surface area contributed by atoms with Gasteiger partial charge in [-0.1, -0.05) is 202 Å². The molecular formula is C50H86NO12P. The Morgan fingerprint density at radius 3 is 1.66 bits per heavy atom. The van der Waals surface area contributed by atoms with E-state index in [-0.39, 0.29) is 12.8 Å². The van der Waals surface area contributed by atoms with Crippen LogP contribution in [0.15, 0.2) is 72.9 Å². The van der Waals surface area contributed by atoms with Gasteiger partial charge in [-0.2, -0.15) is 0 Å². The SMILES string of the molecule is CC/C=C\C[C@@H](O)/C=C/C=C\C/C=C\C=C\[C@@H](O)/C=C\CCCC(=O)OC[C@H](COP(=O)(O)OC[C@H](N)C(=O)O)OC(=O)CCCCCCCCCCCCCCCCCCCCC. The van der Waals surface area contributed by atoms with E-state index in [1.54, 1.807) is 30.4 Å².